The molecule has 1 aliphatic rings. The molecule has 4 heteroatoms. The molecule has 1 rings (SSSR count). The molecule has 0 amide bonds. The number of rotatable bonds is 4. The zero-order chi connectivity index (χ0) is 12.4. The normalized spacial score (nSPS) is 30.7. The van der Waals surface area contributed by atoms with Gasteiger partial charge in [0.1, 0.15) is 5.78 Å². The maximum absolute atomic E-state index is 11.2. The molecule has 16 heavy (non-hydrogen) atoms. The molecule has 0 aromatic rings. The minimum absolute atomic E-state index is 0.117. The van der Waals surface area contributed by atoms with Gasteiger partial charge < -0.3 is 4.74 Å². The number of Topliss-reactive ketones (excluding diaryl/α,β-unsaturated/α-hetero) is 1. The Labute approximate surface area is 104 Å². The number of hydrogen-bond donors (Lipinski definition) is 2. The molecule has 0 radical (unpaired) electrons. The first-order valence-corrected chi connectivity index (χ1v) is 6.30. The van der Waals surface area contributed by atoms with Gasteiger partial charge in [-0.25, -0.2) is 0 Å². The fourth-order valence-electron chi connectivity index (χ4n) is 2.46. The molecule has 0 aromatic carbocycles. The van der Waals surface area contributed by atoms with Crippen molar-refractivity contribution in [3.8, 4) is 0 Å². The van der Waals surface area contributed by atoms with Gasteiger partial charge in [-0.15, -0.1) is 0 Å². The average Bonchev–Trinajstić information content (AvgIpc) is 2.45. The van der Waals surface area contributed by atoms with Crippen molar-refractivity contribution >= 4 is 18.6 Å². The van der Waals surface area contributed by atoms with Crippen molar-refractivity contribution in [2.75, 3.05) is 0 Å². The second kappa shape index (κ2) is 5.07. The third-order valence-electron chi connectivity index (χ3n) is 2.91. The number of carbonyl (C=O) groups excluding carboxylic acids is 1. The molecule has 3 nitrogen and oxygen atoms in total. The minimum atomic E-state index is -0.162. The van der Waals surface area contributed by atoms with Gasteiger partial charge in [0, 0.05) is 12.0 Å². The van der Waals surface area contributed by atoms with Crippen molar-refractivity contribution in [1.29, 1.82) is 0 Å². The van der Waals surface area contributed by atoms with Crippen LogP contribution in [0.15, 0.2) is 0 Å². The fourth-order valence-corrected chi connectivity index (χ4v) is 2.74. The van der Waals surface area contributed by atoms with Gasteiger partial charge in [-0.2, -0.15) is 0 Å². The fraction of sp³-hybridized carbons (Fsp3) is 0.917. The molecule has 0 bridgehead atoms. The smallest absolute Gasteiger partial charge is 0.131 e. The Morgan fingerprint density at radius 2 is 2.19 bits per heavy atom. The van der Waals surface area contributed by atoms with Crippen molar-refractivity contribution in [2.24, 2.45) is 0 Å². The second-order valence-electron chi connectivity index (χ2n) is 5.87. The number of ether oxygens (including phenoxy) is 1. The molecule has 0 spiro atoms. The van der Waals surface area contributed by atoms with Crippen LogP contribution in [0.25, 0.3) is 0 Å². The summed E-state index contributed by atoms with van der Waals surface area (Å²) in [5.74, 6) is 0.206. The van der Waals surface area contributed by atoms with Crippen LogP contribution in [0.1, 0.15) is 53.4 Å². The van der Waals surface area contributed by atoms with E-state index in [0.29, 0.717) is 6.42 Å². The van der Waals surface area contributed by atoms with E-state index in [4.69, 9.17) is 4.74 Å². The molecule has 2 atom stereocenters. The lowest BCUT2D eigenvalue weighted by Gasteiger charge is -2.29. The summed E-state index contributed by atoms with van der Waals surface area (Å²) in [6.45, 7) is 7.81. The van der Waals surface area contributed by atoms with Gasteiger partial charge in [0.15, 0.2) is 0 Å². The van der Waals surface area contributed by atoms with Crippen molar-refractivity contribution < 1.29 is 9.53 Å². The van der Waals surface area contributed by atoms with E-state index in [0.717, 1.165) is 19.3 Å². The van der Waals surface area contributed by atoms with Gasteiger partial charge in [-0.05, 0) is 47.0 Å². The molecular weight excluding hydrogens is 222 g/mol. The van der Waals surface area contributed by atoms with Gasteiger partial charge in [-0.3, -0.25) is 9.52 Å². The monoisotopic (exact) mass is 245 g/mol. The summed E-state index contributed by atoms with van der Waals surface area (Å²) in [6, 6.07) is 0. The van der Waals surface area contributed by atoms with Crippen molar-refractivity contribution in [3.05, 3.63) is 0 Å². The summed E-state index contributed by atoms with van der Waals surface area (Å²) < 4.78 is 8.97. The van der Waals surface area contributed by atoms with Crippen LogP contribution in [-0.2, 0) is 9.53 Å². The highest BCUT2D eigenvalue weighted by molar-refractivity contribution is 7.78. The number of ketones is 1. The van der Waals surface area contributed by atoms with E-state index in [2.05, 4.69) is 38.3 Å². The Bertz CT molecular complexity index is 262. The number of thiol groups is 1. The summed E-state index contributed by atoms with van der Waals surface area (Å²) in [5.41, 5.74) is -0.279. The van der Waals surface area contributed by atoms with Crippen LogP contribution in [0.4, 0.5) is 0 Å². The zero-order valence-electron chi connectivity index (χ0n) is 10.7. The molecule has 0 heterocycles. The molecule has 1 aliphatic carbocycles. The van der Waals surface area contributed by atoms with Crippen molar-refractivity contribution in [1.82, 2.24) is 4.72 Å². The Balaban J connectivity index is 2.57. The van der Waals surface area contributed by atoms with E-state index < -0.39 is 0 Å². The summed E-state index contributed by atoms with van der Waals surface area (Å²) in [7, 11) is 0. The maximum Gasteiger partial charge on any atom is 0.131 e. The first-order chi connectivity index (χ1) is 7.26. The second-order valence-corrected chi connectivity index (χ2v) is 6.09. The predicted molar refractivity (Wildman–Crippen MR) is 68.6 cm³/mol. The summed E-state index contributed by atoms with van der Waals surface area (Å²) in [6.07, 6.45) is 3.60. The molecule has 1 saturated carbocycles. The largest absolute Gasteiger partial charge is 0.373 e. The minimum Gasteiger partial charge on any atom is -0.373 e. The van der Waals surface area contributed by atoms with Crippen molar-refractivity contribution in [2.45, 2.75) is 70.6 Å². The van der Waals surface area contributed by atoms with Gasteiger partial charge in [0.25, 0.3) is 0 Å². The first kappa shape index (κ1) is 14.0. The van der Waals surface area contributed by atoms with Crippen molar-refractivity contribution in [3.63, 3.8) is 0 Å². The summed E-state index contributed by atoms with van der Waals surface area (Å²) in [4.78, 5) is 11.2. The number of carbonyl (C=O) groups is 1. The number of nitrogens with one attached hydrogen (secondary N) is 1. The standard InChI is InChI=1S/C12H23NO2S/c1-9(14)7-12(13-16)6-5-10(8-12)15-11(2,3)4/h10,13,16H,5-8H2,1-4H3. The lowest BCUT2D eigenvalue weighted by Crippen LogP contribution is -2.40. The topological polar surface area (TPSA) is 38.3 Å². The van der Waals surface area contributed by atoms with E-state index in [1.165, 1.54) is 0 Å². The Hall–Kier alpha value is -0.0600. The van der Waals surface area contributed by atoms with Crippen LogP contribution in [-0.4, -0.2) is 23.0 Å². The maximum atomic E-state index is 11.2. The van der Waals surface area contributed by atoms with Crippen LogP contribution in [0.3, 0.4) is 0 Å². The quantitative estimate of drug-likeness (QED) is 0.747. The summed E-state index contributed by atoms with van der Waals surface area (Å²) in [5, 5.41) is 0. The Morgan fingerprint density at radius 3 is 2.62 bits per heavy atom. The zero-order valence-corrected chi connectivity index (χ0v) is 11.6. The summed E-state index contributed by atoms with van der Waals surface area (Å²) >= 11 is 4.17. The molecule has 0 aliphatic heterocycles. The van der Waals surface area contributed by atoms with E-state index in [1.54, 1.807) is 6.92 Å². The Morgan fingerprint density at radius 1 is 1.56 bits per heavy atom. The van der Waals surface area contributed by atoms with Crippen LogP contribution in [0.2, 0.25) is 0 Å². The van der Waals surface area contributed by atoms with Crippen LogP contribution in [0.5, 0.6) is 0 Å². The average molecular weight is 245 g/mol. The highest BCUT2D eigenvalue weighted by Gasteiger charge is 2.40. The molecule has 0 saturated heterocycles. The predicted octanol–water partition coefficient (Wildman–Crippen LogP) is 2.51. The molecule has 1 fully saturated rings. The lowest BCUT2D eigenvalue weighted by molar-refractivity contribution is -0.118. The SMILES string of the molecule is CC(=O)CC1(NS)CCC(OC(C)(C)C)C1. The van der Waals surface area contributed by atoms with Gasteiger partial charge in [-0.1, -0.05) is 12.8 Å². The van der Waals surface area contributed by atoms with E-state index in [1.807, 2.05) is 0 Å². The van der Waals surface area contributed by atoms with Crippen LogP contribution in [0, 0.1) is 0 Å². The van der Waals surface area contributed by atoms with E-state index in [-0.39, 0.29) is 23.0 Å². The lowest BCUT2D eigenvalue weighted by atomic mass is 9.92. The van der Waals surface area contributed by atoms with Crippen LogP contribution < -0.4 is 4.72 Å². The first-order valence-electron chi connectivity index (χ1n) is 5.85. The Kier molecular flexibility index (Phi) is 4.43. The highest BCUT2D eigenvalue weighted by Crippen LogP contribution is 2.36. The third-order valence-corrected chi connectivity index (χ3v) is 3.38. The van der Waals surface area contributed by atoms with Crippen LogP contribution >= 0.6 is 12.8 Å². The van der Waals surface area contributed by atoms with E-state index in [9.17, 15) is 4.79 Å². The molecule has 94 valence electrons. The van der Waals surface area contributed by atoms with Gasteiger partial charge in [0.2, 0.25) is 0 Å². The third kappa shape index (κ3) is 4.07. The molecular formula is C12H23NO2S. The van der Waals surface area contributed by atoms with Gasteiger partial charge >= 0.3 is 0 Å². The van der Waals surface area contributed by atoms with Gasteiger partial charge in [0.05, 0.1) is 11.7 Å². The highest BCUT2D eigenvalue weighted by atomic mass is 32.1. The van der Waals surface area contributed by atoms with E-state index >= 15 is 0 Å². The number of hydrogen-bond acceptors (Lipinski definition) is 4. The molecule has 0 aromatic heterocycles. The molecule has 2 unspecified atom stereocenters. The molecule has 1 N–H and O–H groups in total.